The molecule has 0 aliphatic carbocycles. The quantitative estimate of drug-likeness (QED) is 0.479. The van der Waals surface area contributed by atoms with Gasteiger partial charge in [-0.2, -0.15) is 0 Å². The zero-order valence-corrected chi connectivity index (χ0v) is 9.18. The Morgan fingerprint density at radius 2 is 1.92 bits per heavy atom. The molecule has 0 saturated carbocycles. The van der Waals surface area contributed by atoms with Crippen molar-refractivity contribution in [3.8, 4) is 0 Å². The van der Waals surface area contributed by atoms with Gasteiger partial charge in [-0.1, -0.05) is 33.4 Å². The van der Waals surface area contributed by atoms with Crippen LogP contribution in [-0.4, -0.2) is 5.78 Å². The lowest BCUT2D eigenvalue weighted by Gasteiger charge is -2.28. The van der Waals surface area contributed by atoms with Crippen LogP contribution in [0.4, 0.5) is 0 Å². The summed E-state index contributed by atoms with van der Waals surface area (Å²) in [5.41, 5.74) is 0.631. The third-order valence-corrected chi connectivity index (χ3v) is 2.18. The molecular formula is C12H20O. The smallest absolute Gasteiger partial charge is 0.161 e. The van der Waals surface area contributed by atoms with E-state index in [1.54, 1.807) is 13.0 Å². The van der Waals surface area contributed by atoms with E-state index in [2.05, 4.69) is 33.9 Å². The van der Waals surface area contributed by atoms with Gasteiger partial charge < -0.3 is 0 Å². The largest absolute Gasteiger partial charge is 0.294 e. The van der Waals surface area contributed by atoms with Crippen LogP contribution in [0.25, 0.3) is 0 Å². The van der Waals surface area contributed by atoms with Crippen LogP contribution in [0.1, 0.15) is 34.1 Å². The Morgan fingerprint density at radius 3 is 2.15 bits per heavy atom. The van der Waals surface area contributed by atoms with Crippen LogP contribution in [0.2, 0.25) is 0 Å². The van der Waals surface area contributed by atoms with Crippen molar-refractivity contribution in [1.82, 2.24) is 0 Å². The van der Waals surface area contributed by atoms with Crippen molar-refractivity contribution in [1.29, 1.82) is 0 Å². The van der Waals surface area contributed by atoms with Gasteiger partial charge in [0.1, 0.15) is 0 Å². The van der Waals surface area contributed by atoms with E-state index < -0.39 is 0 Å². The number of carbonyl (C=O) groups excluding carboxylic acids is 1. The zero-order chi connectivity index (χ0) is 10.6. The van der Waals surface area contributed by atoms with E-state index in [1.165, 1.54) is 0 Å². The fourth-order valence-corrected chi connectivity index (χ4v) is 1.32. The number of ketones is 1. The average molecular weight is 180 g/mol. The van der Waals surface area contributed by atoms with Gasteiger partial charge in [-0.15, -0.1) is 6.58 Å². The summed E-state index contributed by atoms with van der Waals surface area (Å²) in [6.07, 6.45) is 2.53. The number of carbonyl (C=O) groups is 1. The second kappa shape index (κ2) is 4.40. The van der Waals surface area contributed by atoms with Gasteiger partial charge >= 0.3 is 0 Å². The number of hydrogen-bond acceptors (Lipinski definition) is 1. The molecule has 1 heteroatoms. The molecule has 1 atom stereocenters. The van der Waals surface area contributed by atoms with E-state index >= 15 is 0 Å². The van der Waals surface area contributed by atoms with E-state index in [1.807, 2.05) is 0 Å². The first-order valence-corrected chi connectivity index (χ1v) is 4.61. The zero-order valence-electron chi connectivity index (χ0n) is 9.18. The summed E-state index contributed by atoms with van der Waals surface area (Å²) >= 11 is 0. The van der Waals surface area contributed by atoms with Crippen molar-refractivity contribution in [3.05, 3.63) is 24.8 Å². The molecule has 0 aromatic rings. The molecule has 0 N–H and O–H groups in total. The first-order chi connectivity index (χ1) is 5.80. The number of allylic oxidation sites excluding steroid dienone is 2. The average Bonchev–Trinajstić information content (AvgIpc) is 1.96. The number of hydrogen-bond donors (Lipinski definition) is 0. The summed E-state index contributed by atoms with van der Waals surface area (Å²) in [6, 6.07) is 0. The number of Topliss-reactive ketones (excluding diaryl/α,β-unsaturated/α-hetero) is 1. The first kappa shape index (κ1) is 12.2. The molecule has 0 aliphatic heterocycles. The highest BCUT2D eigenvalue weighted by Gasteiger charge is 2.29. The summed E-state index contributed by atoms with van der Waals surface area (Å²) in [5, 5.41) is 0. The Bertz CT molecular complexity index is 218. The minimum absolute atomic E-state index is 0.00970. The lowest BCUT2D eigenvalue weighted by atomic mass is 9.75. The van der Waals surface area contributed by atoms with Crippen LogP contribution in [-0.2, 0) is 4.79 Å². The van der Waals surface area contributed by atoms with Crippen LogP contribution in [0.15, 0.2) is 24.8 Å². The van der Waals surface area contributed by atoms with Gasteiger partial charge in [0.05, 0.1) is 0 Å². The van der Waals surface area contributed by atoms with Gasteiger partial charge in [-0.25, -0.2) is 0 Å². The normalized spacial score (nSPS) is 13.5. The maximum Gasteiger partial charge on any atom is 0.161 e. The van der Waals surface area contributed by atoms with Crippen LogP contribution in [0.3, 0.4) is 0 Å². The molecular weight excluding hydrogens is 160 g/mol. The van der Waals surface area contributed by atoms with Gasteiger partial charge in [0.25, 0.3) is 0 Å². The highest BCUT2D eigenvalue weighted by molar-refractivity contribution is 5.96. The molecule has 0 aromatic carbocycles. The predicted octanol–water partition coefficient (Wildman–Crippen LogP) is 3.37. The lowest BCUT2D eigenvalue weighted by Crippen LogP contribution is -2.28. The van der Waals surface area contributed by atoms with E-state index in [0.29, 0.717) is 5.57 Å². The summed E-state index contributed by atoms with van der Waals surface area (Å²) < 4.78 is 0. The SMILES string of the molecule is C=CCC(C(=O)C(=C)C)C(C)(C)C. The predicted molar refractivity (Wildman–Crippen MR) is 57.6 cm³/mol. The van der Waals surface area contributed by atoms with Crippen LogP contribution in [0.5, 0.6) is 0 Å². The van der Waals surface area contributed by atoms with Crippen molar-refractivity contribution in [3.63, 3.8) is 0 Å². The summed E-state index contributed by atoms with van der Waals surface area (Å²) in [6.45, 7) is 15.3. The molecule has 1 unspecified atom stereocenters. The summed E-state index contributed by atoms with van der Waals surface area (Å²) in [4.78, 5) is 11.7. The van der Waals surface area contributed by atoms with Gasteiger partial charge in [-0.05, 0) is 24.3 Å². The van der Waals surface area contributed by atoms with Crippen molar-refractivity contribution in [2.75, 3.05) is 0 Å². The van der Waals surface area contributed by atoms with Crippen molar-refractivity contribution < 1.29 is 4.79 Å². The monoisotopic (exact) mass is 180 g/mol. The third-order valence-electron chi connectivity index (χ3n) is 2.18. The highest BCUT2D eigenvalue weighted by Crippen LogP contribution is 2.31. The molecule has 0 aliphatic rings. The standard InChI is InChI=1S/C12H20O/c1-7-8-10(12(4,5)6)11(13)9(2)3/h7,10H,1-2,8H2,3-6H3. The maximum absolute atomic E-state index is 11.7. The Balaban J connectivity index is 4.71. The maximum atomic E-state index is 11.7. The molecule has 74 valence electrons. The molecule has 0 aromatic heterocycles. The molecule has 1 nitrogen and oxygen atoms in total. The molecule has 0 saturated heterocycles. The molecule has 0 amide bonds. The molecule has 0 bridgehead atoms. The fraction of sp³-hybridized carbons (Fsp3) is 0.583. The molecule has 0 heterocycles. The van der Waals surface area contributed by atoms with Crippen LogP contribution < -0.4 is 0 Å². The van der Waals surface area contributed by atoms with E-state index in [-0.39, 0.29) is 17.1 Å². The molecule has 0 rings (SSSR count). The Labute approximate surface area is 81.5 Å². The second-order valence-corrected chi connectivity index (χ2v) is 4.59. The Hall–Kier alpha value is -0.850. The van der Waals surface area contributed by atoms with E-state index in [4.69, 9.17) is 0 Å². The molecule has 0 spiro atoms. The Morgan fingerprint density at radius 1 is 1.46 bits per heavy atom. The van der Waals surface area contributed by atoms with Crippen molar-refractivity contribution in [2.24, 2.45) is 11.3 Å². The first-order valence-electron chi connectivity index (χ1n) is 4.61. The van der Waals surface area contributed by atoms with Gasteiger partial charge in [0.2, 0.25) is 0 Å². The summed E-state index contributed by atoms with van der Waals surface area (Å²) in [5.74, 6) is 0.176. The van der Waals surface area contributed by atoms with Crippen molar-refractivity contribution >= 4 is 5.78 Å². The van der Waals surface area contributed by atoms with Gasteiger partial charge in [0, 0.05) is 5.92 Å². The van der Waals surface area contributed by atoms with Gasteiger partial charge in [0.15, 0.2) is 5.78 Å². The number of rotatable bonds is 4. The minimum atomic E-state index is -0.00970. The second-order valence-electron chi connectivity index (χ2n) is 4.59. The summed E-state index contributed by atoms with van der Waals surface area (Å²) in [7, 11) is 0. The van der Waals surface area contributed by atoms with E-state index in [0.717, 1.165) is 6.42 Å². The third kappa shape index (κ3) is 3.58. The molecule has 13 heavy (non-hydrogen) atoms. The fourth-order valence-electron chi connectivity index (χ4n) is 1.32. The van der Waals surface area contributed by atoms with Crippen LogP contribution in [0, 0.1) is 11.3 Å². The van der Waals surface area contributed by atoms with Crippen LogP contribution >= 0.6 is 0 Å². The minimum Gasteiger partial charge on any atom is -0.294 e. The highest BCUT2D eigenvalue weighted by atomic mass is 16.1. The molecule has 0 radical (unpaired) electrons. The van der Waals surface area contributed by atoms with Crippen molar-refractivity contribution in [2.45, 2.75) is 34.1 Å². The van der Waals surface area contributed by atoms with E-state index in [9.17, 15) is 4.79 Å². The molecule has 0 fully saturated rings. The van der Waals surface area contributed by atoms with Gasteiger partial charge in [-0.3, -0.25) is 4.79 Å². The Kier molecular flexibility index (Phi) is 4.12. The lowest BCUT2D eigenvalue weighted by molar-refractivity contribution is -0.122. The topological polar surface area (TPSA) is 17.1 Å².